The first-order valence-corrected chi connectivity index (χ1v) is 10.5. The van der Waals surface area contributed by atoms with E-state index < -0.39 is 36.2 Å². The number of hydrogen-bond acceptors (Lipinski definition) is 9. The molecule has 0 unspecified atom stereocenters. The van der Waals surface area contributed by atoms with Crippen LogP contribution in [-0.2, 0) is 9.53 Å². The molecule has 33 heavy (non-hydrogen) atoms. The van der Waals surface area contributed by atoms with Gasteiger partial charge in [-0.05, 0) is 39.3 Å². The Kier molecular flexibility index (Phi) is 9.13. The summed E-state index contributed by atoms with van der Waals surface area (Å²) >= 11 is 0. The normalized spacial score (nSPS) is 14.2. The molecule has 1 aliphatic rings. The van der Waals surface area contributed by atoms with Gasteiger partial charge in [0.15, 0.2) is 5.96 Å². The molecule has 1 aromatic carbocycles. The minimum atomic E-state index is -1.41. The minimum Gasteiger partial charge on any atom is -0.507 e. The van der Waals surface area contributed by atoms with E-state index in [-0.39, 0.29) is 11.3 Å². The van der Waals surface area contributed by atoms with E-state index in [0.29, 0.717) is 18.9 Å². The van der Waals surface area contributed by atoms with E-state index in [4.69, 9.17) is 9.47 Å². The van der Waals surface area contributed by atoms with Gasteiger partial charge in [-0.15, -0.1) is 0 Å². The smallest absolute Gasteiger partial charge is 0.408 e. The van der Waals surface area contributed by atoms with Crippen LogP contribution in [0.4, 0.5) is 4.79 Å². The molecule has 0 saturated carbocycles. The zero-order chi connectivity index (χ0) is 24.4. The standard InChI is InChI=1S/C21H31N5O7/c1-21(2,3)33-20(31)26-15(18(29)30)12-25-17(28)14-6-5-13(11-16(14)27)32-10-9-24-19-22-7-4-8-23-19/h5-6,11,15,27H,4,7-10,12H2,1-3H3,(H,25,28)(H,26,31)(H,29,30)(H2,22,23,24)/t15-/m0/s1. The lowest BCUT2D eigenvalue weighted by atomic mass is 10.1. The van der Waals surface area contributed by atoms with Crippen LogP contribution in [0.15, 0.2) is 23.2 Å². The van der Waals surface area contributed by atoms with Crippen molar-refractivity contribution in [1.82, 2.24) is 21.3 Å². The quantitative estimate of drug-likeness (QED) is 0.283. The number of nitrogens with one attached hydrogen (secondary N) is 4. The molecule has 1 atom stereocenters. The molecular weight excluding hydrogens is 434 g/mol. The first kappa shape index (κ1) is 25.6. The highest BCUT2D eigenvalue weighted by molar-refractivity contribution is 5.97. The second kappa shape index (κ2) is 11.8. The van der Waals surface area contributed by atoms with E-state index >= 15 is 0 Å². The number of rotatable bonds is 9. The first-order chi connectivity index (χ1) is 15.5. The van der Waals surface area contributed by atoms with E-state index in [1.165, 1.54) is 18.2 Å². The summed E-state index contributed by atoms with van der Waals surface area (Å²) in [4.78, 5) is 39.8. The van der Waals surface area contributed by atoms with Gasteiger partial charge < -0.3 is 41.0 Å². The number of carboxylic acid groups (broad SMARTS) is 1. The molecule has 1 aliphatic heterocycles. The Bertz CT molecular complexity index is 882. The van der Waals surface area contributed by atoms with Crippen molar-refractivity contribution in [3.63, 3.8) is 0 Å². The van der Waals surface area contributed by atoms with Gasteiger partial charge in [-0.25, -0.2) is 9.59 Å². The number of hydrogen-bond donors (Lipinski definition) is 6. The maximum absolute atomic E-state index is 12.4. The van der Waals surface area contributed by atoms with Crippen LogP contribution in [0.2, 0.25) is 0 Å². The van der Waals surface area contributed by atoms with Crippen LogP contribution in [-0.4, -0.2) is 78.6 Å². The van der Waals surface area contributed by atoms with Gasteiger partial charge in [-0.3, -0.25) is 9.79 Å². The number of aliphatic carboxylic acids is 1. The van der Waals surface area contributed by atoms with Crippen molar-refractivity contribution in [3.05, 3.63) is 23.8 Å². The summed E-state index contributed by atoms with van der Waals surface area (Å²) in [6, 6.07) is 2.75. The molecule has 182 valence electrons. The SMILES string of the molecule is CC(C)(C)OC(=O)N[C@@H](CNC(=O)c1ccc(OCCNC2=NCCCN2)cc1O)C(=O)O. The van der Waals surface area contributed by atoms with E-state index in [1.54, 1.807) is 20.8 Å². The van der Waals surface area contributed by atoms with Gasteiger partial charge in [-0.1, -0.05) is 0 Å². The van der Waals surface area contributed by atoms with E-state index in [0.717, 1.165) is 25.5 Å². The van der Waals surface area contributed by atoms with E-state index in [9.17, 15) is 24.6 Å². The van der Waals surface area contributed by atoms with Crippen molar-refractivity contribution >= 4 is 23.9 Å². The number of aliphatic imine (C=N–C) groups is 1. The van der Waals surface area contributed by atoms with Crippen molar-refractivity contribution in [2.45, 2.75) is 38.8 Å². The predicted octanol–water partition coefficient (Wildman–Crippen LogP) is 0.418. The Morgan fingerprint density at radius 1 is 1.27 bits per heavy atom. The summed E-state index contributed by atoms with van der Waals surface area (Å²) in [6.45, 7) is 6.96. The number of alkyl carbamates (subject to hydrolysis) is 1. The van der Waals surface area contributed by atoms with E-state index in [1.807, 2.05) is 0 Å². The second-order valence-electron chi connectivity index (χ2n) is 8.21. The van der Waals surface area contributed by atoms with Crippen molar-refractivity contribution in [3.8, 4) is 11.5 Å². The van der Waals surface area contributed by atoms with Crippen LogP contribution in [0, 0.1) is 0 Å². The van der Waals surface area contributed by atoms with Gasteiger partial charge in [0.1, 0.15) is 29.7 Å². The molecular formula is C21H31N5O7. The number of amides is 2. The number of ether oxygens (including phenoxy) is 2. The number of phenols is 1. The molecule has 0 radical (unpaired) electrons. The minimum absolute atomic E-state index is 0.0670. The molecule has 1 heterocycles. The number of guanidine groups is 1. The zero-order valence-corrected chi connectivity index (χ0v) is 18.9. The van der Waals surface area contributed by atoms with Gasteiger partial charge in [0.25, 0.3) is 5.91 Å². The van der Waals surface area contributed by atoms with Crippen LogP contribution in [0.1, 0.15) is 37.6 Å². The molecule has 1 aromatic rings. The molecule has 0 aromatic heterocycles. The van der Waals surface area contributed by atoms with Gasteiger partial charge in [0.2, 0.25) is 0 Å². The third-order valence-corrected chi connectivity index (χ3v) is 4.23. The Labute approximate surface area is 191 Å². The second-order valence-corrected chi connectivity index (χ2v) is 8.21. The summed E-state index contributed by atoms with van der Waals surface area (Å²) in [7, 11) is 0. The fraction of sp³-hybridized carbons (Fsp3) is 0.524. The third-order valence-electron chi connectivity index (χ3n) is 4.23. The fourth-order valence-electron chi connectivity index (χ4n) is 2.72. The van der Waals surface area contributed by atoms with Crippen LogP contribution in [0.5, 0.6) is 11.5 Å². The van der Waals surface area contributed by atoms with E-state index in [2.05, 4.69) is 26.3 Å². The van der Waals surface area contributed by atoms with Crippen molar-refractivity contribution in [2.75, 3.05) is 32.8 Å². The monoisotopic (exact) mass is 465 g/mol. The molecule has 2 rings (SSSR count). The Morgan fingerprint density at radius 2 is 2.03 bits per heavy atom. The van der Waals surface area contributed by atoms with Gasteiger partial charge >= 0.3 is 12.1 Å². The van der Waals surface area contributed by atoms with Crippen LogP contribution in [0.3, 0.4) is 0 Å². The average Bonchev–Trinajstić information content (AvgIpc) is 2.73. The lowest BCUT2D eigenvalue weighted by molar-refractivity contribution is -0.139. The summed E-state index contributed by atoms with van der Waals surface area (Å²) in [5.41, 5.74) is -0.870. The Morgan fingerprint density at radius 3 is 2.64 bits per heavy atom. The first-order valence-electron chi connectivity index (χ1n) is 10.5. The maximum Gasteiger partial charge on any atom is 0.408 e. The van der Waals surface area contributed by atoms with Crippen molar-refractivity contribution in [1.29, 1.82) is 0 Å². The zero-order valence-electron chi connectivity index (χ0n) is 18.9. The summed E-state index contributed by atoms with van der Waals surface area (Å²) in [5, 5.41) is 30.2. The average molecular weight is 466 g/mol. The van der Waals surface area contributed by atoms with Gasteiger partial charge in [0.05, 0.1) is 12.1 Å². The highest BCUT2D eigenvalue weighted by Gasteiger charge is 2.25. The van der Waals surface area contributed by atoms with Crippen LogP contribution >= 0.6 is 0 Å². The highest BCUT2D eigenvalue weighted by atomic mass is 16.6. The Balaban J connectivity index is 1.83. The number of nitrogens with zero attached hydrogens (tertiary/aromatic N) is 1. The van der Waals surface area contributed by atoms with Crippen LogP contribution in [0.25, 0.3) is 0 Å². The predicted molar refractivity (Wildman–Crippen MR) is 120 cm³/mol. The van der Waals surface area contributed by atoms with Crippen molar-refractivity contribution < 1.29 is 34.1 Å². The molecule has 12 nitrogen and oxygen atoms in total. The number of carbonyl (C=O) groups is 3. The molecule has 0 spiro atoms. The van der Waals surface area contributed by atoms with Gasteiger partial charge in [-0.2, -0.15) is 0 Å². The molecule has 0 bridgehead atoms. The third kappa shape index (κ3) is 9.13. The fourth-order valence-corrected chi connectivity index (χ4v) is 2.72. The Hall–Kier alpha value is -3.70. The molecule has 0 aliphatic carbocycles. The number of phenolic OH excluding ortho intramolecular Hbond substituents is 1. The largest absolute Gasteiger partial charge is 0.507 e. The van der Waals surface area contributed by atoms with Crippen LogP contribution < -0.4 is 26.0 Å². The number of carboxylic acids is 1. The highest BCUT2D eigenvalue weighted by Crippen LogP contribution is 2.23. The lowest BCUT2D eigenvalue weighted by Gasteiger charge is -2.22. The summed E-state index contributed by atoms with van der Waals surface area (Å²) < 4.78 is 10.6. The molecule has 12 heteroatoms. The molecule has 0 saturated heterocycles. The summed E-state index contributed by atoms with van der Waals surface area (Å²) in [5.74, 6) is -1.31. The molecule has 6 N–H and O–H groups in total. The number of aromatic hydroxyl groups is 1. The van der Waals surface area contributed by atoms with Crippen molar-refractivity contribution in [2.24, 2.45) is 4.99 Å². The molecule has 2 amide bonds. The number of carbonyl (C=O) groups excluding carboxylic acids is 2. The summed E-state index contributed by atoms with van der Waals surface area (Å²) in [6.07, 6.45) is 0.0762. The lowest BCUT2D eigenvalue weighted by Crippen LogP contribution is -2.49. The topological polar surface area (TPSA) is 171 Å². The maximum atomic E-state index is 12.4. The van der Waals surface area contributed by atoms with Gasteiger partial charge in [0, 0.05) is 25.7 Å². The number of benzene rings is 1. The molecule has 0 fully saturated rings.